The normalized spacial score (nSPS) is 17.5. The van der Waals surface area contributed by atoms with E-state index in [4.69, 9.17) is 9.84 Å². The molecule has 1 atom stereocenters. The van der Waals surface area contributed by atoms with Gasteiger partial charge in [0.05, 0.1) is 6.61 Å². The first-order chi connectivity index (χ1) is 11.6. The Balaban J connectivity index is 1.62. The van der Waals surface area contributed by atoms with E-state index in [0.717, 1.165) is 37.5 Å². The molecule has 0 bridgehead atoms. The molecule has 5 nitrogen and oxygen atoms in total. The smallest absolute Gasteiger partial charge is 0.354 e. The number of anilines is 1. The number of hydrogen-bond donors (Lipinski definition) is 1. The van der Waals surface area contributed by atoms with E-state index >= 15 is 0 Å². The highest BCUT2D eigenvalue weighted by Crippen LogP contribution is 2.23. The SMILES string of the molecule is Cc1cccc(OC[C@H]2CCCN(c3cccc(C(=O)O)n3)C2)c1. The molecule has 1 N–H and O–H groups in total. The molecule has 2 aromatic rings. The Kier molecular flexibility index (Phi) is 4.99. The zero-order valence-corrected chi connectivity index (χ0v) is 13.8. The average molecular weight is 326 g/mol. The number of ether oxygens (including phenoxy) is 1. The Bertz CT molecular complexity index is 717. The van der Waals surface area contributed by atoms with Gasteiger partial charge in [0.15, 0.2) is 5.69 Å². The number of carboxylic acid groups (broad SMARTS) is 1. The second kappa shape index (κ2) is 7.34. The van der Waals surface area contributed by atoms with Gasteiger partial charge < -0.3 is 14.7 Å². The zero-order chi connectivity index (χ0) is 16.9. The monoisotopic (exact) mass is 326 g/mol. The number of pyridine rings is 1. The molecule has 1 fully saturated rings. The first kappa shape index (κ1) is 16.3. The third-order valence-corrected chi connectivity index (χ3v) is 4.27. The summed E-state index contributed by atoms with van der Waals surface area (Å²) < 4.78 is 5.93. The van der Waals surface area contributed by atoms with E-state index in [1.807, 2.05) is 24.3 Å². The molecule has 0 amide bonds. The fourth-order valence-electron chi connectivity index (χ4n) is 3.05. The molecule has 126 valence electrons. The molecule has 3 rings (SSSR count). The molecule has 0 spiro atoms. The zero-order valence-electron chi connectivity index (χ0n) is 13.8. The van der Waals surface area contributed by atoms with E-state index in [-0.39, 0.29) is 5.69 Å². The molecular weight excluding hydrogens is 304 g/mol. The summed E-state index contributed by atoms with van der Waals surface area (Å²) in [5.74, 6) is 1.05. The fraction of sp³-hybridized carbons (Fsp3) is 0.368. The summed E-state index contributed by atoms with van der Waals surface area (Å²) in [5.41, 5.74) is 1.28. The van der Waals surface area contributed by atoms with Gasteiger partial charge in [-0.25, -0.2) is 9.78 Å². The lowest BCUT2D eigenvalue weighted by Crippen LogP contribution is -2.38. The Morgan fingerprint density at radius 1 is 1.33 bits per heavy atom. The third-order valence-electron chi connectivity index (χ3n) is 4.27. The van der Waals surface area contributed by atoms with E-state index in [1.54, 1.807) is 6.07 Å². The maximum absolute atomic E-state index is 11.1. The molecular formula is C19H22N2O3. The van der Waals surface area contributed by atoms with Crippen molar-refractivity contribution in [3.63, 3.8) is 0 Å². The number of aromatic nitrogens is 1. The van der Waals surface area contributed by atoms with Gasteiger partial charge in [-0.1, -0.05) is 18.2 Å². The molecule has 5 heteroatoms. The highest BCUT2D eigenvalue weighted by atomic mass is 16.5. The van der Waals surface area contributed by atoms with E-state index in [1.165, 1.54) is 11.6 Å². The number of hydrogen-bond acceptors (Lipinski definition) is 4. The van der Waals surface area contributed by atoms with E-state index < -0.39 is 5.97 Å². The predicted molar refractivity (Wildman–Crippen MR) is 92.8 cm³/mol. The molecule has 1 aliphatic heterocycles. The summed E-state index contributed by atoms with van der Waals surface area (Å²) in [4.78, 5) is 17.5. The van der Waals surface area contributed by atoms with Gasteiger partial charge in [-0.05, 0) is 49.6 Å². The van der Waals surface area contributed by atoms with E-state index in [0.29, 0.717) is 12.5 Å². The summed E-state index contributed by atoms with van der Waals surface area (Å²) in [6.45, 7) is 4.45. The molecule has 1 aliphatic rings. The van der Waals surface area contributed by atoms with Gasteiger partial charge in [0.25, 0.3) is 0 Å². The van der Waals surface area contributed by atoms with Crippen molar-refractivity contribution in [3.05, 3.63) is 53.7 Å². The van der Waals surface area contributed by atoms with Crippen molar-refractivity contribution >= 4 is 11.8 Å². The molecule has 2 heterocycles. The third kappa shape index (κ3) is 4.04. The Labute approximate surface area is 141 Å². The van der Waals surface area contributed by atoms with Gasteiger partial charge in [0, 0.05) is 19.0 Å². The molecule has 24 heavy (non-hydrogen) atoms. The lowest BCUT2D eigenvalue weighted by molar-refractivity contribution is 0.0690. The molecule has 1 aromatic carbocycles. The van der Waals surface area contributed by atoms with E-state index in [9.17, 15) is 4.79 Å². The molecule has 1 aromatic heterocycles. The first-order valence-corrected chi connectivity index (χ1v) is 8.26. The van der Waals surface area contributed by atoms with Crippen LogP contribution < -0.4 is 9.64 Å². The van der Waals surface area contributed by atoms with E-state index in [2.05, 4.69) is 22.9 Å². The van der Waals surface area contributed by atoms with Crippen LogP contribution in [0, 0.1) is 12.8 Å². The minimum Gasteiger partial charge on any atom is -0.493 e. The van der Waals surface area contributed by atoms with Crippen LogP contribution in [0.15, 0.2) is 42.5 Å². The van der Waals surface area contributed by atoms with Crippen LogP contribution in [0.1, 0.15) is 28.9 Å². The minimum atomic E-state index is -0.992. The van der Waals surface area contributed by atoms with Crippen molar-refractivity contribution in [2.45, 2.75) is 19.8 Å². The van der Waals surface area contributed by atoms with Crippen molar-refractivity contribution in [1.82, 2.24) is 4.98 Å². The molecule has 0 radical (unpaired) electrons. The Morgan fingerprint density at radius 3 is 2.96 bits per heavy atom. The number of benzene rings is 1. The largest absolute Gasteiger partial charge is 0.493 e. The number of rotatable bonds is 5. The van der Waals surface area contributed by atoms with Crippen LogP contribution in [0.2, 0.25) is 0 Å². The van der Waals surface area contributed by atoms with Crippen LogP contribution in [0.3, 0.4) is 0 Å². The molecule has 0 saturated carbocycles. The van der Waals surface area contributed by atoms with Crippen LogP contribution >= 0.6 is 0 Å². The predicted octanol–water partition coefficient (Wildman–Crippen LogP) is 3.38. The lowest BCUT2D eigenvalue weighted by atomic mass is 9.99. The van der Waals surface area contributed by atoms with Gasteiger partial charge in [-0.2, -0.15) is 0 Å². The number of carboxylic acids is 1. The quantitative estimate of drug-likeness (QED) is 0.912. The number of nitrogens with zero attached hydrogens (tertiary/aromatic N) is 2. The van der Waals surface area contributed by atoms with Crippen LogP contribution in [-0.2, 0) is 0 Å². The van der Waals surface area contributed by atoms with Gasteiger partial charge in [-0.15, -0.1) is 0 Å². The van der Waals surface area contributed by atoms with Crippen LogP contribution in [0.25, 0.3) is 0 Å². The van der Waals surface area contributed by atoms with Gasteiger partial charge in [0.1, 0.15) is 11.6 Å². The lowest BCUT2D eigenvalue weighted by Gasteiger charge is -2.33. The van der Waals surface area contributed by atoms with Crippen molar-refractivity contribution < 1.29 is 14.6 Å². The number of carbonyl (C=O) groups is 1. The van der Waals surface area contributed by atoms with Crippen molar-refractivity contribution in [2.24, 2.45) is 5.92 Å². The molecule has 0 aliphatic carbocycles. The summed E-state index contributed by atoms with van der Waals surface area (Å²) in [6, 6.07) is 13.2. The van der Waals surface area contributed by atoms with Crippen LogP contribution in [0.5, 0.6) is 5.75 Å². The summed E-state index contributed by atoms with van der Waals surface area (Å²) >= 11 is 0. The van der Waals surface area contributed by atoms with Crippen molar-refractivity contribution in [1.29, 1.82) is 0 Å². The van der Waals surface area contributed by atoms with Crippen molar-refractivity contribution in [3.8, 4) is 5.75 Å². The second-order valence-corrected chi connectivity index (χ2v) is 6.27. The Morgan fingerprint density at radius 2 is 2.17 bits per heavy atom. The highest BCUT2D eigenvalue weighted by molar-refractivity contribution is 5.85. The fourth-order valence-corrected chi connectivity index (χ4v) is 3.05. The Hall–Kier alpha value is -2.56. The first-order valence-electron chi connectivity index (χ1n) is 8.26. The van der Waals surface area contributed by atoms with Crippen LogP contribution in [-0.4, -0.2) is 35.8 Å². The maximum atomic E-state index is 11.1. The second-order valence-electron chi connectivity index (χ2n) is 6.27. The standard InChI is InChI=1S/C19H22N2O3/c1-14-5-2-7-16(11-14)24-13-15-6-4-10-21(12-15)18-9-3-8-17(20-18)19(22)23/h2-3,5,7-9,11,15H,4,6,10,12-13H2,1H3,(H,22,23)/t15-/m0/s1. The van der Waals surface area contributed by atoms with Gasteiger partial charge in [0.2, 0.25) is 0 Å². The maximum Gasteiger partial charge on any atom is 0.354 e. The summed E-state index contributed by atoms with van der Waals surface area (Å²) in [7, 11) is 0. The molecule has 0 unspecified atom stereocenters. The van der Waals surface area contributed by atoms with Gasteiger partial charge in [-0.3, -0.25) is 0 Å². The topological polar surface area (TPSA) is 62.7 Å². The summed E-state index contributed by atoms with van der Waals surface area (Å²) in [5, 5.41) is 9.09. The number of piperidine rings is 1. The van der Waals surface area contributed by atoms with Crippen LogP contribution in [0.4, 0.5) is 5.82 Å². The summed E-state index contributed by atoms with van der Waals surface area (Å²) in [6.07, 6.45) is 2.17. The number of aryl methyl sites for hydroxylation is 1. The number of aromatic carboxylic acids is 1. The van der Waals surface area contributed by atoms with Gasteiger partial charge >= 0.3 is 5.97 Å². The average Bonchev–Trinajstić information content (AvgIpc) is 2.60. The minimum absolute atomic E-state index is 0.0886. The molecule has 1 saturated heterocycles. The highest BCUT2D eigenvalue weighted by Gasteiger charge is 2.22. The van der Waals surface area contributed by atoms with Crippen molar-refractivity contribution in [2.75, 3.05) is 24.6 Å².